The van der Waals surface area contributed by atoms with Crippen LogP contribution in [0.25, 0.3) is 10.1 Å². The zero-order chi connectivity index (χ0) is 24.7. The van der Waals surface area contributed by atoms with Gasteiger partial charge in [0.15, 0.2) is 0 Å². The van der Waals surface area contributed by atoms with Gasteiger partial charge in [-0.1, -0.05) is 53.5 Å². The van der Waals surface area contributed by atoms with Crippen LogP contribution in [-0.4, -0.2) is 20.6 Å². The highest BCUT2D eigenvalue weighted by Crippen LogP contribution is 2.36. The van der Waals surface area contributed by atoms with Crippen LogP contribution in [0, 0.1) is 0 Å². The number of benzene rings is 3. The van der Waals surface area contributed by atoms with Crippen molar-refractivity contribution in [2.24, 2.45) is 0 Å². The number of nitrogens with one attached hydrogen (secondary N) is 2. The molecule has 0 aliphatic carbocycles. The van der Waals surface area contributed by atoms with E-state index in [0.717, 1.165) is 31.9 Å². The lowest BCUT2D eigenvalue weighted by molar-refractivity contribution is 0.103. The van der Waals surface area contributed by atoms with Crippen molar-refractivity contribution >= 4 is 76.3 Å². The lowest BCUT2D eigenvalue weighted by atomic mass is 9.78. The zero-order valence-electron chi connectivity index (χ0n) is 18.6. The summed E-state index contributed by atoms with van der Waals surface area (Å²) in [5.41, 5.74) is 2.83. The number of thiophene rings is 1. The van der Waals surface area contributed by atoms with E-state index in [4.69, 9.17) is 11.6 Å². The average Bonchev–Trinajstić information content (AvgIpc) is 3.16. The Balaban J connectivity index is 1.60. The lowest BCUT2D eigenvalue weighted by Gasteiger charge is -2.27. The summed E-state index contributed by atoms with van der Waals surface area (Å²) in [7, 11) is -3.38. The summed E-state index contributed by atoms with van der Waals surface area (Å²) in [6, 6.07) is 20.6. The first kappa shape index (κ1) is 24.7. The minimum absolute atomic E-state index is 0.256. The number of halogens is 2. The summed E-state index contributed by atoms with van der Waals surface area (Å²) in [5, 5.41) is 4.27. The number of fused-ring (bicyclic) bond motifs is 1. The molecular weight excluding hydrogens is 556 g/mol. The van der Waals surface area contributed by atoms with Gasteiger partial charge < -0.3 is 5.32 Å². The molecule has 0 atom stereocenters. The molecule has 2 N–H and O–H groups in total. The van der Waals surface area contributed by atoms with Gasteiger partial charge in [0.25, 0.3) is 5.91 Å². The van der Waals surface area contributed by atoms with E-state index in [1.54, 1.807) is 30.3 Å². The Hall–Kier alpha value is -2.39. The summed E-state index contributed by atoms with van der Waals surface area (Å²) >= 11 is 11.2. The first-order chi connectivity index (χ1) is 15.9. The fourth-order valence-electron chi connectivity index (χ4n) is 3.68. The lowest BCUT2D eigenvalue weighted by Crippen LogP contribution is -2.19. The second kappa shape index (κ2) is 9.34. The number of hydrogen-bond donors (Lipinski definition) is 2. The minimum Gasteiger partial charge on any atom is -0.321 e. The number of sulfonamides is 1. The van der Waals surface area contributed by atoms with E-state index < -0.39 is 10.0 Å². The normalized spacial score (nSPS) is 12.0. The monoisotopic (exact) mass is 576 g/mol. The minimum atomic E-state index is -3.38. The maximum Gasteiger partial charge on any atom is 0.265 e. The Kier molecular flexibility index (Phi) is 6.79. The molecule has 0 fully saturated rings. The van der Waals surface area contributed by atoms with E-state index >= 15 is 0 Å². The zero-order valence-corrected chi connectivity index (χ0v) is 22.6. The van der Waals surface area contributed by atoms with Gasteiger partial charge in [0.05, 0.1) is 11.1 Å². The topological polar surface area (TPSA) is 75.3 Å². The molecule has 5 nitrogen and oxygen atoms in total. The highest BCUT2D eigenvalue weighted by molar-refractivity contribution is 9.10. The number of amides is 1. The van der Waals surface area contributed by atoms with Crippen LogP contribution in [-0.2, 0) is 15.4 Å². The average molecular weight is 578 g/mol. The molecule has 0 saturated carbocycles. The fourth-order valence-corrected chi connectivity index (χ4v) is 5.67. The van der Waals surface area contributed by atoms with E-state index in [9.17, 15) is 13.2 Å². The smallest absolute Gasteiger partial charge is 0.265 e. The molecule has 9 heteroatoms. The van der Waals surface area contributed by atoms with E-state index in [-0.39, 0.29) is 11.3 Å². The maximum absolute atomic E-state index is 13.0. The van der Waals surface area contributed by atoms with Gasteiger partial charge in [-0.3, -0.25) is 9.52 Å². The van der Waals surface area contributed by atoms with Crippen molar-refractivity contribution in [1.82, 2.24) is 0 Å². The first-order valence-corrected chi connectivity index (χ1v) is 14.2. The highest BCUT2D eigenvalue weighted by atomic mass is 79.9. The Morgan fingerprint density at radius 2 is 1.65 bits per heavy atom. The molecule has 3 aromatic carbocycles. The number of hydrogen-bond acceptors (Lipinski definition) is 4. The van der Waals surface area contributed by atoms with Gasteiger partial charge in [0.1, 0.15) is 0 Å². The van der Waals surface area contributed by atoms with Gasteiger partial charge in [-0.15, -0.1) is 11.3 Å². The summed E-state index contributed by atoms with van der Waals surface area (Å²) in [4.78, 5) is 13.5. The largest absolute Gasteiger partial charge is 0.321 e. The molecule has 0 radical (unpaired) electrons. The van der Waals surface area contributed by atoms with Crippen molar-refractivity contribution < 1.29 is 13.2 Å². The van der Waals surface area contributed by atoms with Crippen molar-refractivity contribution in [2.45, 2.75) is 19.3 Å². The van der Waals surface area contributed by atoms with E-state index in [2.05, 4.69) is 51.9 Å². The molecule has 0 spiro atoms. The molecule has 1 heterocycles. The number of carbonyl (C=O) groups is 1. The third kappa shape index (κ3) is 5.63. The van der Waals surface area contributed by atoms with Gasteiger partial charge in [-0.2, -0.15) is 0 Å². The Labute approximate surface area is 216 Å². The molecule has 0 bridgehead atoms. The molecule has 1 amide bonds. The van der Waals surface area contributed by atoms with Crippen molar-refractivity contribution in [3.63, 3.8) is 0 Å². The number of carbonyl (C=O) groups excluding carboxylic acids is 1. The van der Waals surface area contributed by atoms with Crippen LogP contribution < -0.4 is 10.0 Å². The van der Waals surface area contributed by atoms with Crippen molar-refractivity contribution in [2.75, 3.05) is 16.3 Å². The summed E-state index contributed by atoms with van der Waals surface area (Å²) in [6.45, 7) is 4.23. The van der Waals surface area contributed by atoms with Crippen LogP contribution in [0.15, 0.2) is 71.2 Å². The Bertz CT molecular complexity index is 1500. The van der Waals surface area contributed by atoms with E-state index in [0.29, 0.717) is 21.3 Å². The molecule has 0 unspecified atom stereocenters. The molecule has 0 saturated heterocycles. The number of rotatable bonds is 6. The predicted molar refractivity (Wildman–Crippen MR) is 146 cm³/mol. The van der Waals surface area contributed by atoms with Gasteiger partial charge in [0, 0.05) is 31.0 Å². The van der Waals surface area contributed by atoms with Gasteiger partial charge in [-0.05, 0) is 71.1 Å². The molecule has 0 aliphatic rings. The first-order valence-electron chi connectivity index (χ1n) is 10.3. The van der Waals surface area contributed by atoms with E-state index in [1.165, 1.54) is 11.3 Å². The van der Waals surface area contributed by atoms with Gasteiger partial charge in [-0.25, -0.2) is 8.42 Å². The van der Waals surface area contributed by atoms with Crippen LogP contribution >= 0.6 is 38.9 Å². The molecule has 4 rings (SSSR count). The molecule has 1 aromatic heterocycles. The third-order valence-electron chi connectivity index (χ3n) is 5.49. The van der Waals surface area contributed by atoms with E-state index in [1.807, 2.05) is 24.3 Å². The summed E-state index contributed by atoms with van der Waals surface area (Å²) in [6.07, 6.45) is 1.10. The highest BCUT2D eigenvalue weighted by Gasteiger charge is 2.24. The molecule has 176 valence electrons. The fraction of sp³-hybridized carbons (Fsp3) is 0.160. The SMILES string of the molecule is CC(C)(c1ccc(Br)cc1)c1cc(Cl)cc(NC(=O)c2cc3cc(NS(C)(=O)=O)ccc3s2)c1. The molecular formula is C25H22BrClN2O3S2. The Morgan fingerprint density at radius 3 is 2.32 bits per heavy atom. The second-order valence-electron chi connectivity index (χ2n) is 8.55. The van der Waals surface area contributed by atoms with Crippen molar-refractivity contribution in [3.05, 3.63) is 92.2 Å². The van der Waals surface area contributed by atoms with Crippen molar-refractivity contribution in [1.29, 1.82) is 0 Å². The predicted octanol–water partition coefficient (Wildman–Crippen LogP) is 7.27. The van der Waals surface area contributed by atoms with Gasteiger partial charge >= 0.3 is 0 Å². The summed E-state index contributed by atoms with van der Waals surface area (Å²) < 4.78 is 27.3. The van der Waals surface area contributed by atoms with Crippen LogP contribution in [0.5, 0.6) is 0 Å². The van der Waals surface area contributed by atoms with Crippen molar-refractivity contribution in [3.8, 4) is 0 Å². The standard InChI is InChI=1S/C25H22BrClN2O3S2/c1-25(2,16-4-6-18(26)7-5-16)17-12-19(27)14-21(13-17)28-24(30)23-11-15-10-20(29-34(3,31)32)8-9-22(15)33-23/h4-14,29H,1-3H3,(H,28,30). The summed E-state index contributed by atoms with van der Waals surface area (Å²) in [5.74, 6) is -0.256. The quantitative estimate of drug-likeness (QED) is 0.253. The molecule has 34 heavy (non-hydrogen) atoms. The van der Waals surface area contributed by atoms with Crippen LogP contribution in [0.2, 0.25) is 5.02 Å². The second-order valence-corrected chi connectivity index (χ2v) is 12.7. The number of anilines is 2. The van der Waals surface area contributed by atoms with Crippen LogP contribution in [0.3, 0.4) is 0 Å². The third-order valence-corrected chi connectivity index (χ3v) is 7.95. The van der Waals surface area contributed by atoms with Gasteiger partial charge in [0.2, 0.25) is 10.0 Å². The van der Waals surface area contributed by atoms with Crippen LogP contribution in [0.1, 0.15) is 34.6 Å². The Morgan fingerprint density at radius 1 is 0.941 bits per heavy atom. The molecule has 0 aliphatic heterocycles. The molecule has 4 aromatic rings. The maximum atomic E-state index is 13.0. The van der Waals surface area contributed by atoms with Crippen LogP contribution in [0.4, 0.5) is 11.4 Å².